The van der Waals surface area contributed by atoms with E-state index in [9.17, 15) is 4.79 Å². The molecular formula is C14H20N4O3. The molecule has 0 radical (unpaired) electrons. The van der Waals surface area contributed by atoms with Gasteiger partial charge in [0.15, 0.2) is 0 Å². The molecule has 0 aromatic heterocycles. The first-order chi connectivity index (χ1) is 9.85. The summed E-state index contributed by atoms with van der Waals surface area (Å²) in [5.41, 5.74) is 9.46. The highest BCUT2D eigenvalue weighted by Crippen LogP contribution is 2.21. The molecule has 114 valence electrons. The van der Waals surface area contributed by atoms with Crippen LogP contribution in [0, 0.1) is 0 Å². The van der Waals surface area contributed by atoms with Gasteiger partial charge in [0.05, 0.1) is 13.7 Å². The summed E-state index contributed by atoms with van der Waals surface area (Å²) in [5.74, 6) is 0.617. The Kier molecular flexibility index (Phi) is 5.87. The van der Waals surface area contributed by atoms with Crippen LogP contribution in [0.25, 0.3) is 10.4 Å². The van der Waals surface area contributed by atoms with Crippen LogP contribution < -0.4 is 10.1 Å². The highest BCUT2D eigenvalue weighted by molar-refractivity contribution is 5.67. The summed E-state index contributed by atoms with van der Waals surface area (Å²) >= 11 is 0. The minimum absolute atomic E-state index is 0.222. The quantitative estimate of drug-likeness (QED) is 0.510. The van der Waals surface area contributed by atoms with Crippen molar-refractivity contribution in [3.63, 3.8) is 0 Å². The first-order valence-electron chi connectivity index (χ1n) is 6.49. The minimum Gasteiger partial charge on any atom is -0.496 e. The fourth-order valence-corrected chi connectivity index (χ4v) is 1.63. The van der Waals surface area contributed by atoms with Gasteiger partial charge in [-0.05, 0) is 43.5 Å². The first-order valence-corrected chi connectivity index (χ1v) is 6.49. The number of azide groups is 1. The monoisotopic (exact) mass is 292 g/mol. The summed E-state index contributed by atoms with van der Waals surface area (Å²) in [5, 5.41) is 6.18. The van der Waals surface area contributed by atoms with Gasteiger partial charge in [0.2, 0.25) is 0 Å². The molecule has 7 nitrogen and oxygen atoms in total. The van der Waals surface area contributed by atoms with Gasteiger partial charge in [0.25, 0.3) is 0 Å². The zero-order chi connectivity index (χ0) is 15.9. The number of alkyl carbamates (subject to hydrolysis) is 1. The van der Waals surface area contributed by atoms with Gasteiger partial charge in [-0.25, -0.2) is 4.79 Å². The van der Waals surface area contributed by atoms with Gasteiger partial charge in [-0.1, -0.05) is 17.2 Å². The van der Waals surface area contributed by atoms with Crippen molar-refractivity contribution < 1.29 is 14.3 Å². The van der Waals surface area contributed by atoms with Gasteiger partial charge in [-0.3, -0.25) is 0 Å². The Labute approximate surface area is 123 Å². The van der Waals surface area contributed by atoms with E-state index in [0.29, 0.717) is 12.3 Å². The Hall–Kier alpha value is -2.40. The van der Waals surface area contributed by atoms with Crippen molar-refractivity contribution >= 4 is 6.09 Å². The second kappa shape index (κ2) is 7.40. The van der Waals surface area contributed by atoms with Crippen molar-refractivity contribution in [2.45, 2.75) is 39.5 Å². The van der Waals surface area contributed by atoms with E-state index in [1.54, 1.807) is 40.0 Å². The number of amides is 1. The van der Waals surface area contributed by atoms with Crippen LogP contribution in [0.4, 0.5) is 4.79 Å². The lowest BCUT2D eigenvalue weighted by Gasteiger charge is -2.19. The number of hydrogen-bond acceptors (Lipinski definition) is 4. The van der Waals surface area contributed by atoms with E-state index in [4.69, 9.17) is 15.0 Å². The number of methoxy groups -OCH3 is 1. The lowest BCUT2D eigenvalue weighted by Crippen LogP contribution is -2.32. The maximum absolute atomic E-state index is 11.6. The van der Waals surface area contributed by atoms with Gasteiger partial charge in [-0.2, -0.15) is 0 Å². The van der Waals surface area contributed by atoms with Gasteiger partial charge < -0.3 is 14.8 Å². The molecule has 0 aliphatic heterocycles. The molecule has 0 saturated heterocycles. The first kappa shape index (κ1) is 16.7. The molecule has 0 unspecified atom stereocenters. The fourth-order valence-electron chi connectivity index (χ4n) is 1.63. The zero-order valence-electron chi connectivity index (χ0n) is 12.7. The molecule has 0 spiro atoms. The van der Waals surface area contributed by atoms with E-state index < -0.39 is 11.7 Å². The summed E-state index contributed by atoms with van der Waals surface area (Å²) in [6.07, 6.45) is -0.473. The molecule has 0 fully saturated rings. The molecule has 0 heterocycles. The molecule has 1 amide bonds. The van der Waals surface area contributed by atoms with Crippen LogP contribution >= 0.6 is 0 Å². The topological polar surface area (TPSA) is 96.3 Å². The molecule has 1 aromatic rings. The SMILES string of the molecule is COc1cc(CNC(=O)OC(C)(C)C)ccc1CN=[N+]=[N-]. The maximum Gasteiger partial charge on any atom is 0.407 e. The summed E-state index contributed by atoms with van der Waals surface area (Å²) in [6.45, 7) is 5.97. The van der Waals surface area contributed by atoms with Crippen molar-refractivity contribution in [3.8, 4) is 5.75 Å². The number of nitrogens with one attached hydrogen (secondary N) is 1. The van der Waals surface area contributed by atoms with Crippen LogP contribution in [0.2, 0.25) is 0 Å². The van der Waals surface area contributed by atoms with Crippen molar-refractivity contribution in [1.82, 2.24) is 5.32 Å². The summed E-state index contributed by atoms with van der Waals surface area (Å²) in [6, 6.07) is 5.43. The third-order valence-electron chi connectivity index (χ3n) is 2.49. The molecule has 1 N–H and O–H groups in total. The predicted octanol–water partition coefficient (Wildman–Crippen LogP) is 3.53. The Morgan fingerprint density at radius 1 is 1.43 bits per heavy atom. The van der Waals surface area contributed by atoms with Gasteiger partial charge in [0.1, 0.15) is 11.4 Å². The molecule has 7 heteroatoms. The average molecular weight is 292 g/mol. The van der Waals surface area contributed by atoms with Gasteiger partial charge in [-0.15, -0.1) is 0 Å². The lowest BCUT2D eigenvalue weighted by atomic mass is 10.1. The zero-order valence-corrected chi connectivity index (χ0v) is 12.7. The summed E-state index contributed by atoms with van der Waals surface area (Å²) < 4.78 is 10.4. The van der Waals surface area contributed by atoms with Crippen molar-refractivity contribution in [2.75, 3.05) is 7.11 Å². The number of hydrogen-bond donors (Lipinski definition) is 1. The van der Waals surface area contributed by atoms with E-state index in [1.165, 1.54) is 0 Å². The standard InChI is InChI=1S/C14H20N4O3/c1-14(2,3)21-13(19)16-8-10-5-6-11(9-17-18-15)12(7-10)20-4/h5-7H,8-9H2,1-4H3,(H,16,19). The molecule has 1 aromatic carbocycles. The number of rotatable bonds is 5. The smallest absolute Gasteiger partial charge is 0.407 e. The molecule has 0 bridgehead atoms. The summed E-state index contributed by atoms with van der Waals surface area (Å²) in [7, 11) is 1.54. The van der Waals surface area contributed by atoms with Gasteiger partial charge >= 0.3 is 6.09 Å². The fraction of sp³-hybridized carbons (Fsp3) is 0.500. The van der Waals surface area contributed by atoms with Crippen LogP contribution in [-0.2, 0) is 17.8 Å². The third-order valence-corrected chi connectivity index (χ3v) is 2.49. The molecule has 21 heavy (non-hydrogen) atoms. The molecule has 1 rings (SSSR count). The molecular weight excluding hydrogens is 272 g/mol. The largest absolute Gasteiger partial charge is 0.496 e. The van der Waals surface area contributed by atoms with E-state index in [0.717, 1.165) is 11.1 Å². The number of carbonyl (C=O) groups is 1. The molecule has 0 saturated carbocycles. The number of nitrogens with zero attached hydrogens (tertiary/aromatic N) is 3. The second-order valence-corrected chi connectivity index (χ2v) is 5.39. The minimum atomic E-state index is -0.527. The predicted molar refractivity (Wildman–Crippen MR) is 78.9 cm³/mol. The van der Waals surface area contributed by atoms with Crippen molar-refractivity contribution in [3.05, 3.63) is 39.8 Å². The van der Waals surface area contributed by atoms with Crippen LogP contribution in [0.1, 0.15) is 31.9 Å². The molecule has 0 atom stereocenters. The van der Waals surface area contributed by atoms with Crippen LogP contribution in [0.5, 0.6) is 5.75 Å². The Balaban J connectivity index is 2.68. The van der Waals surface area contributed by atoms with E-state index in [-0.39, 0.29) is 6.54 Å². The number of ether oxygens (including phenoxy) is 2. The van der Waals surface area contributed by atoms with Crippen molar-refractivity contribution in [2.24, 2.45) is 5.11 Å². The highest BCUT2D eigenvalue weighted by Gasteiger charge is 2.15. The Morgan fingerprint density at radius 3 is 2.71 bits per heavy atom. The normalized spacial score (nSPS) is 10.5. The number of carbonyl (C=O) groups excluding carboxylic acids is 1. The Bertz CT molecular complexity index is 546. The van der Waals surface area contributed by atoms with Crippen LogP contribution in [-0.4, -0.2) is 18.8 Å². The van der Waals surface area contributed by atoms with Crippen molar-refractivity contribution in [1.29, 1.82) is 0 Å². The van der Waals surface area contributed by atoms with Crippen LogP contribution in [0.15, 0.2) is 23.3 Å². The molecule has 0 aliphatic rings. The van der Waals surface area contributed by atoms with E-state index >= 15 is 0 Å². The highest BCUT2D eigenvalue weighted by atomic mass is 16.6. The third kappa shape index (κ3) is 6.05. The lowest BCUT2D eigenvalue weighted by molar-refractivity contribution is 0.0523. The maximum atomic E-state index is 11.6. The van der Waals surface area contributed by atoms with E-state index in [2.05, 4.69) is 15.3 Å². The van der Waals surface area contributed by atoms with Gasteiger partial charge in [0, 0.05) is 11.5 Å². The second-order valence-electron chi connectivity index (χ2n) is 5.39. The van der Waals surface area contributed by atoms with E-state index in [1.807, 2.05) is 6.07 Å². The number of benzene rings is 1. The average Bonchev–Trinajstić information content (AvgIpc) is 2.41. The molecule has 0 aliphatic carbocycles. The summed E-state index contributed by atoms with van der Waals surface area (Å²) in [4.78, 5) is 14.3. The Morgan fingerprint density at radius 2 is 2.14 bits per heavy atom. The van der Waals surface area contributed by atoms with Crippen LogP contribution in [0.3, 0.4) is 0 Å².